The number of carbonyl (C=O) groups is 2. The molecule has 2 aliphatic rings. The van der Waals surface area contributed by atoms with Gasteiger partial charge in [0.25, 0.3) is 5.91 Å². The van der Waals surface area contributed by atoms with Gasteiger partial charge in [-0.05, 0) is 12.8 Å². The van der Waals surface area contributed by atoms with Crippen LogP contribution in [0.4, 0.5) is 26.0 Å². The molecule has 5 rings (SSSR count). The quantitative estimate of drug-likeness (QED) is 0.552. The van der Waals surface area contributed by atoms with Crippen LogP contribution >= 0.6 is 0 Å². The highest BCUT2D eigenvalue weighted by Crippen LogP contribution is 2.33. The highest BCUT2D eigenvalue weighted by Gasteiger charge is 2.36. The van der Waals surface area contributed by atoms with Gasteiger partial charge in [-0.3, -0.25) is 14.6 Å². The molecule has 2 amide bonds. The molecule has 13 heteroatoms. The molecule has 2 saturated heterocycles. The third kappa shape index (κ3) is 4.22. The second-order valence-electron chi connectivity index (χ2n) is 8.63. The van der Waals surface area contributed by atoms with Gasteiger partial charge in [0.15, 0.2) is 23.1 Å². The van der Waals surface area contributed by atoms with Crippen LogP contribution in [-0.2, 0) is 9.53 Å². The van der Waals surface area contributed by atoms with Crippen molar-refractivity contribution in [2.75, 3.05) is 49.2 Å². The number of hydrogen-bond donors (Lipinski definition) is 2. The second-order valence-corrected chi connectivity index (χ2v) is 8.63. The Morgan fingerprint density at radius 1 is 1.17 bits per heavy atom. The molecule has 3 N–H and O–H groups in total. The Hall–Kier alpha value is -3.87. The van der Waals surface area contributed by atoms with E-state index in [0.29, 0.717) is 39.0 Å². The van der Waals surface area contributed by atoms with Crippen molar-refractivity contribution in [1.29, 1.82) is 0 Å². The summed E-state index contributed by atoms with van der Waals surface area (Å²) in [6.45, 7) is 2.06. The average Bonchev–Trinajstić information content (AvgIpc) is 3.13. The lowest BCUT2D eigenvalue weighted by Crippen LogP contribution is -2.57. The van der Waals surface area contributed by atoms with Crippen LogP contribution in [0.3, 0.4) is 0 Å². The van der Waals surface area contributed by atoms with Gasteiger partial charge in [0, 0.05) is 39.2 Å². The summed E-state index contributed by atoms with van der Waals surface area (Å²) in [5.74, 6) is -2.12. The highest BCUT2D eigenvalue weighted by molar-refractivity contribution is 6.12. The van der Waals surface area contributed by atoms with Gasteiger partial charge in [0.2, 0.25) is 5.91 Å². The van der Waals surface area contributed by atoms with Crippen molar-refractivity contribution in [3.8, 4) is 0 Å². The molecule has 0 atom stereocenters. The first-order valence-corrected chi connectivity index (χ1v) is 11.2. The summed E-state index contributed by atoms with van der Waals surface area (Å²) in [5, 5.41) is 6.56. The number of methoxy groups -OCH3 is 1. The first-order chi connectivity index (χ1) is 16.9. The van der Waals surface area contributed by atoms with Crippen LogP contribution in [0.2, 0.25) is 0 Å². The monoisotopic (exact) mass is 486 g/mol. The third-order valence-electron chi connectivity index (χ3n) is 6.47. The van der Waals surface area contributed by atoms with Gasteiger partial charge in [-0.15, -0.1) is 5.10 Å². The number of nitrogens with two attached hydrogens (primary N) is 1. The van der Waals surface area contributed by atoms with E-state index in [9.17, 15) is 18.4 Å². The molecule has 11 nitrogen and oxygen atoms in total. The number of nitrogens with one attached hydrogen (secondary N) is 1. The van der Waals surface area contributed by atoms with Crippen LogP contribution in [-0.4, -0.2) is 75.7 Å². The lowest BCUT2D eigenvalue weighted by Gasteiger charge is -2.42. The van der Waals surface area contributed by atoms with Crippen molar-refractivity contribution in [3.63, 3.8) is 0 Å². The molecule has 0 aromatic carbocycles. The first-order valence-electron chi connectivity index (χ1n) is 11.2. The standard InChI is InChI=1S/C22H24F2N8O3/c1-35-14-10-31(11-14)22(34)12-2-4-30(5-3-12)18-15(24)7-26-8-16(18)28-21(33)17-19(25)29-32-9-13(23)6-27-20(17)32/h6-9,12,14H,2-5,10-11H2,1H3,(H2,25,29)(H,28,33). The minimum Gasteiger partial charge on any atom is -0.381 e. The topological polar surface area (TPSA) is 131 Å². The lowest BCUT2D eigenvalue weighted by atomic mass is 9.93. The van der Waals surface area contributed by atoms with Crippen molar-refractivity contribution < 1.29 is 23.1 Å². The number of carbonyl (C=O) groups excluding carboxylic acids is 2. The molecular weight excluding hydrogens is 462 g/mol. The Labute approximate surface area is 198 Å². The minimum absolute atomic E-state index is 0.0616. The number of pyridine rings is 1. The van der Waals surface area contributed by atoms with E-state index in [0.717, 1.165) is 23.1 Å². The molecule has 0 radical (unpaired) electrons. The zero-order valence-electron chi connectivity index (χ0n) is 18.9. The number of halogens is 2. The maximum absolute atomic E-state index is 14.9. The number of fused-ring (bicyclic) bond motifs is 1. The summed E-state index contributed by atoms with van der Waals surface area (Å²) >= 11 is 0. The Kier molecular flexibility index (Phi) is 5.93. The Balaban J connectivity index is 1.32. The second kappa shape index (κ2) is 9.06. The van der Waals surface area contributed by atoms with Crippen molar-refractivity contribution in [2.24, 2.45) is 5.92 Å². The molecule has 184 valence electrons. The number of piperidine rings is 1. The molecular formula is C22H24F2N8O3. The van der Waals surface area contributed by atoms with Gasteiger partial charge < -0.3 is 25.6 Å². The van der Waals surface area contributed by atoms with E-state index in [1.165, 1.54) is 6.20 Å². The van der Waals surface area contributed by atoms with E-state index in [-0.39, 0.29) is 46.3 Å². The molecule has 3 aromatic heterocycles. The number of aromatic nitrogens is 4. The molecule has 0 aliphatic carbocycles. The van der Waals surface area contributed by atoms with Crippen LogP contribution in [0.5, 0.6) is 0 Å². The molecule has 0 spiro atoms. The van der Waals surface area contributed by atoms with Crippen molar-refractivity contribution in [2.45, 2.75) is 18.9 Å². The fourth-order valence-corrected chi connectivity index (χ4v) is 4.55. The van der Waals surface area contributed by atoms with Gasteiger partial charge in [-0.1, -0.05) is 0 Å². The van der Waals surface area contributed by atoms with Crippen LogP contribution in [0.1, 0.15) is 23.2 Å². The molecule has 5 heterocycles. The highest BCUT2D eigenvalue weighted by atomic mass is 19.1. The molecule has 35 heavy (non-hydrogen) atoms. The minimum atomic E-state index is -0.680. The average molecular weight is 486 g/mol. The summed E-state index contributed by atoms with van der Waals surface area (Å²) in [7, 11) is 1.63. The molecule has 2 aliphatic heterocycles. The SMILES string of the molecule is COC1CN(C(=O)C2CCN(c3c(F)cncc3NC(=O)c3c(N)nn4cc(F)cnc34)CC2)C1. The number of nitrogen functional groups attached to an aromatic ring is 1. The van der Waals surface area contributed by atoms with Gasteiger partial charge in [-0.2, -0.15) is 0 Å². The number of amides is 2. The van der Waals surface area contributed by atoms with E-state index < -0.39 is 17.5 Å². The van der Waals surface area contributed by atoms with Crippen LogP contribution in [0.25, 0.3) is 5.65 Å². The maximum Gasteiger partial charge on any atom is 0.263 e. The van der Waals surface area contributed by atoms with Crippen LogP contribution in [0.15, 0.2) is 24.8 Å². The van der Waals surface area contributed by atoms with Crippen LogP contribution in [0, 0.1) is 17.6 Å². The van der Waals surface area contributed by atoms with Crippen LogP contribution < -0.4 is 16.0 Å². The first kappa shape index (κ1) is 22.9. The predicted molar refractivity (Wildman–Crippen MR) is 122 cm³/mol. The van der Waals surface area contributed by atoms with E-state index in [1.54, 1.807) is 16.9 Å². The summed E-state index contributed by atoms with van der Waals surface area (Å²) in [4.78, 5) is 37.1. The predicted octanol–water partition coefficient (Wildman–Crippen LogP) is 1.31. The Morgan fingerprint density at radius 3 is 2.63 bits per heavy atom. The number of nitrogens with zero attached hydrogens (tertiary/aromatic N) is 6. The number of likely N-dealkylation sites (tertiary alicyclic amines) is 1. The van der Waals surface area contributed by atoms with E-state index in [1.807, 2.05) is 0 Å². The van der Waals surface area contributed by atoms with Gasteiger partial charge >= 0.3 is 0 Å². The van der Waals surface area contributed by atoms with E-state index >= 15 is 0 Å². The fraction of sp³-hybridized carbons (Fsp3) is 0.409. The summed E-state index contributed by atoms with van der Waals surface area (Å²) in [6, 6.07) is 0. The molecule has 0 saturated carbocycles. The maximum atomic E-state index is 14.9. The van der Waals surface area contributed by atoms with Crippen molar-refractivity contribution in [3.05, 3.63) is 42.0 Å². The smallest absolute Gasteiger partial charge is 0.263 e. The number of ether oxygens (including phenoxy) is 1. The molecule has 0 unspecified atom stereocenters. The molecule has 2 fully saturated rings. The Bertz CT molecular complexity index is 1290. The molecule has 3 aromatic rings. The largest absolute Gasteiger partial charge is 0.381 e. The summed E-state index contributed by atoms with van der Waals surface area (Å²) in [6.07, 6.45) is 5.61. The van der Waals surface area contributed by atoms with Gasteiger partial charge in [0.05, 0.1) is 36.6 Å². The zero-order chi connectivity index (χ0) is 24.7. The van der Waals surface area contributed by atoms with Crippen molar-refractivity contribution >= 4 is 34.7 Å². The number of rotatable bonds is 5. The zero-order valence-corrected chi connectivity index (χ0v) is 18.9. The van der Waals surface area contributed by atoms with E-state index in [2.05, 4.69) is 20.4 Å². The summed E-state index contributed by atoms with van der Waals surface area (Å²) < 4.78 is 34.7. The third-order valence-corrected chi connectivity index (χ3v) is 6.47. The lowest BCUT2D eigenvalue weighted by molar-refractivity contribution is -0.148. The van der Waals surface area contributed by atoms with E-state index in [4.69, 9.17) is 10.5 Å². The normalized spacial score (nSPS) is 17.0. The van der Waals surface area contributed by atoms with Gasteiger partial charge in [-0.25, -0.2) is 18.3 Å². The van der Waals surface area contributed by atoms with Gasteiger partial charge in [0.1, 0.15) is 11.3 Å². The number of anilines is 3. The fourth-order valence-electron chi connectivity index (χ4n) is 4.55. The van der Waals surface area contributed by atoms with Crippen molar-refractivity contribution in [1.82, 2.24) is 24.5 Å². The summed E-state index contributed by atoms with van der Waals surface area (Å²) in [5.41, 5.74) is 6.20. The Morgan fingerprint density at radius 2 is 1.91 bits per heavy atom. The molecule has 0 bridgehead atoms. The number of hydrogen-bond acceptors (Lipinski definition) is 8.